The maximum absolute atomic E-state index is 10.2. The van der Waals surface area contributed by atoms with Gasteiger partial charge in [-0.25, -0.2) is 0 Å². The highest BCUT2D eigenvalue weighted by molar-refractivity contribution is 5.83. The zero-order valence-electron chi connectivity index (χ0n) is 10.6. The molecule has 2 nitrogen and oxygen atoms in total. The number of aliphatic hydroxyl groups is 1. The smallest absolute Gasteiger partial charge is 0.0914 e. The third-order valence-corrected chi connectivity index (χ3v) is 3.84. The zero-order chi connectivity index (χ0) is 12.5. The van der Waals surface area contributed by atoms with Crippen LogP contribution in [0, 0.1) is 5.92 Å². The molecule has 2 aromatic rings. The Morgan fingerprint density at radius 1 is 1.22 bits per heavy atom. The van der Waals surface area contributed by atoms with Gasteiger partial charge in [0.05, 0.1) is 6.10 Å². The minimum Gasteiger partial charge on any atom is -0.387 e. The van der Waals surface area contributed by atoms with Gasteiger partial charge in [0, 0.05) is 12.6 Å². The van der Waals surface area contributed by atoms with Crippen LogP contribution in [-0.2, 0) is 0 Å². The summed E-state index contributed by atoms with van der Waals surface area (Å²) in [5.41, 5.74) is 0.995. The van der Waals surface area contributed by atoms with E-state index >= 15 is 0 Å². The van der Waals surface area contributed by atoms with Crippen molar-refractivity contribution in [3.05, 3.63) is 48.0 Å². The molecule has 0 aromatic heterocycles. The molecule has 1 aliphatic rings. The molecule has 1 saturated carbocycles. The van der Waals surface area contributed by atoms with Crippen molar-refractivity contribution in [2.24, 2.45) is 5.92 Å². The van der Waals surface area contributed by atoms with Gasteiger partial charge < -0.3 is 10.4 Å². The summed E-state index contributed by atoms with van der Waals surface area (Å²) in [6, 6.07) is 15.0. The van der Waals surface area contributed by atoms with Crippen LogP contribution in [0.1, 0.15) is 25.0 Å². The topological polar surface area (TPSA) is 32.3 Å². The summed E-state index contributed by atoms with van der Waals surface area (Å²) in [5, 5.41) is 16.0. The molecule has 1 fully saturated rings. The Kier molecular flexibility index (Phi) is 3.06. The van der Waals surface area contributed by atoms with Gasteiger partial charge in [-0.2, -0.15) is 0 Å². The lowest BCUT2D eigenvalue weighted by Crippen LogP contribution is -2.24. The normalized spacial score (nSPS) is 24.1. The summed E-state index contributed by atoms with van der Waals surface area (Å²) in [4.78, 5) is 0. The first kappa shape index (κ1) is 11.7. The molecule has 0 aliphatic heterocycles. The van der Waals surface area contributed by atoms with Crippen LogP contribution in [0.5, 0.6) is 0 Å². The summed E-state index contributed by atoms with van der Waals surface area (Å²) in [6.45, 7) is 2.88. The molecule has 2 N–H and O–H groups in total. The average molecular weight is 241 g/mol. The molecular formula is C16H19NO. The number of aliphatic hydroxyl groups excluding tert-OH is 1. The molecule has 0 saturated heterocycles. The number of nitrogens with one attached hydrogen (secondary N) is 1. The molecule has 0 amide bonds. The minimum atomic E-state index is -0.414. The van der Waals surface area contributed by atoms with Crippen LogP contribution in [-0.4, -0.2) is 17.7 Å². The van der Waals surface area contributed by atoms with E-state index in [0.29, 0.717) is 12.6 Å². The number of benzene rings is 2. The first-order valence-electron chi connectivity index (χ1n) is 6.64. The molecule has 94 valence electrons. The van der Waals surface area contributed by atoms with Crippen LogP contribution in [0.3, 0.4) is 0 Å². The molecular weight excluding hydrogens is 222 g/mol. The van der Waals surface area contributed by atoms with E-state index in [4.69, 9.17) is 0 Å². The predicted octanol–water partition coefficient (Wildman–Crippen LogP) is 2.87. The van der Waals surface area contributed by atoms with Gasteiger partial charge in [0.15, 0.2) is 0 Å². The number of hydrogen-bond donors (Lipinski definition) is 2. The Morgan fingerprint density at radius 2 is 1.94 bits per heavy atom. The van der Waals surface area contributed by atoms with Gasteiger partial charge in [0.25, 0.3) is 0 Å². The number of rotatable bonds is 4. The van der Waals surface area contributed by atoms with Gasteiger partial charge >= 0.3 is 0 Å². The molecule has 18 heavy (non-hydrogen) atoms. The second kappa shape index (κ2) is 4.71. The van der Waals surface area contributed by atoms with Crippen molar-refractivity contribution in [3.63, 3.8) is 0 Å². The lowest BCUT2D eigenvalue weighted by atomic mass is 10.0. The molecule has 3 rings (SSSR count). The highest BCUT2D eigenvalue weighted by Crippen LogP contribution is 2.29. The maximum Gasteiger partial charge on any atom is 0.0914 e. The first-order valence-corrected chi connectivity index (χ1v) is 6.64. The lowest BCUT2D eigenvalue weighted by Gasteiger charge is -2.13. The zero-order valence-corrected chi connectivity index (χ0v) is 10.6. The van der Waals surface area contributed by atoms with E-state index in [1.54, 1.807) is 0 Å². The number of fused-ring (bicyclic) bond motifs is 1. The van der Waals surface area contributed by atoms with E-state index in [2.05, 4.69) is 36.5 Å². The third kappa shape index (κ3) is 2.40. The maximum atomic E-state index is 10.2. The number of hydrogen-bond acceptors (Lipinski definition) is 2. The van der Waals surface area contributed by atoms with E-state index in [9.17, 15) is 5.11 Å². The van der Waals surface area contributed by atoms with Gasteiger partial charge in [-0.1, -0.05) is 43.3 Å². The van der Waals surface area contributed by atoms with Crippen LogP contribution in [0.4, 0.5) is 0 Å². The van der Waals surface area contributed by atoms with Crippen molar-refractivity contribution >= 4 is 10.8 Å². The van der Waals surface area contributed by atoms with Gasteiger partial charge in [-0.15, -0.1) is 0 Å². The van der Waals surface area contributed by atoms with Crippen LogP contribution < -0.4 is 5.32 Å². The molecule has 2 heteroatoms. The van der Waals surface area contributed by atoms with Crippen molar-refractivity contribution in [1.29, 1.82) is 0 Å². The Hall–Kier alpha value is -1.38. The largest absolute Gasteiger partial charge is 0.387 e. The van der Waals surface area contributed by atoms with Crippen molar-refractivity contribution in [2.45, 2.75) is 25.5 Å². The lowest BCUT2D eigenvalue weighted by molar-refractivity contribution is 0.174. The Bertz CT molecular complexity index is 552. The van der Waals surface area contributed by atoms with E-state index in [0.717, 1.165) is 11.5 Å². The van der Waals surface area contributed by atoms with Crippen LogP contribution in [0.25, 0.3) is 10.8 Å². The fourth-order valence-electron chi connectivity index (χ4n) is 2.40. The van der Waals surface area contributed by atoms with Gasteiger partial charge in [0.1, 0.15) is 0 Å². The second-order valence-electron chi connectivity index (χ2n) is 5.35. The molecule has 0 heterocycles. The highest BCUT2D eigenvalue weighted by atomic mass is 16.3. The molecule has 2 aromatic carbocycles. The van der Waals surface area contributed by atoms with Gasteiger partial charge in [-0.05, 0) is 34.7 Å². The van der Waals surface area contributed by atoms with Crippen molar-refractivity contribution in [2.75, 3.05) is 6.54 Å². The molecule has 0 spiro atoms. The van der Waals surface area contributed by atoms with Crippen LogP contribution in [0.2, 0.25) is 0 Å². The van der Waals surface area contributed by atoms with Gasteiger partial charge in [0.2, 0.25) is 0 Å². The molecule has 0 bridgehead atoms. The van der Waals surface area contributed by atoms with Crippen molar-refractivity contribution in [1.82, 2.24) is 5.32 Å². The van der Waals surface area contributed by atoms with Gasteiger partial charge in [-0.3, -0.25) is 0 Å². The summed E-state index contributed by atoms with van der Waals surface area (Å²) in [5.74, 6) is 0.772. The fraction of sp³-hybridized carbons (Fsp3) is 0.375. The van der Waals surface area contributed by atoms with E-state index < -0.39 is 6.10 Å². The fourth-order valence-corrected chi connectivity index (χ4v) is 2.40. The van der Waals surface area contributed by atoms with Crippen molar-refractivity contribution < 1.29 is 5.11 Å². The predicted molar refractivity (Wildman–Crippen MR) is 74.5 cm³/mol. The third-order valence-electron chi connectivity index (χ3n) is 3.84. The van der Waals surface area contributed by atoms with Crippen LogP contribution in [0.15, 0.2) is 42.5 Å². The quantitative estimate of drug-likeness (QED) is 0.862. The van der Waals surface area contributed by atoms with E-state index in [-0.39, 0.29) is 0 Å². The van der Waals surface area contributed by atoms with Crippen LogP contribution >= 0.6 is 0 Å². The Labute approximate surface area is 108 Å². The highest BCUT2D eigenvalue weighted by Gasteiger charge is 2.32. The molecule has 1 aliphatic carbocycles. The average Bonchev–Trinajstić information content (AvgIpc) is 3.11. The second-order valence-corrected chi connectivity index (χ2v) is 5.35. The summed E-state index contributed by atoms with van der Waals surface area (Å²) < 4.78 is 0. The monoisotopic (exact) mass is 241 g/mol. The molecule has 3 atom stereocenters. The standard InChI is InChI=1S/C16H19NO/c1-11-8-15(11)17-10-16(18)14-7-6-12-4-2-3-5-13(12)9-14/h2-7,9,11,15-18H,8,10H2,1H3. The first-order chi connectivity index (χ1) is 8.74. The van der Waals surface area contributed by atoms with E-state index in [1.165, 1.54) is 17.2 Å². The Morgan fingerprint density at radius 3 is 2.67 bits per heavy atom. The van der Waals surface area contributed by atoms with E-state index in [1.807, 2.05) is 18.2 Å². The van der Waals surface area contributed by atoms with Crippen molar-refractivity contribution in [3.8, 4) is 0 Å². The minimum absolute atomic E-state index is 0.414. The SMILES string of the molecule is CC1CC1NCC(O)c1ccc2ccccc2c1. The summed E-state index contributed by atoms with van der Waals surface area (Å²) in [6.07, 6.45) is 0.826. The Balaban J connectivity index is 1.72. The summed E-state index contributed by atoms with van der Waals surface area (Å²) >= 11 is 0. The molecule has 3 unspecified atom stereocenters. The summed E-state index contributed by atoms with van der Waals surface area (Å²) in [7, 11) is 0. The molecule has 0 radical (unpaired) electrons.